The van der Waals surface area contributed by atoms with Crippen LogP contribution in [0.1, 0.15) is 45.4 Å². The molecule has 0 saturated heterocycles. The maximum Gasteiger partial charge on any atom is 0.0633 e. The number of nitrogens with zero attached hydrogens (tertiary/aromatic N) is 1. The van der Waals surface area contributed by atoms with Crippen LogP contribution in [-0.4, -0.2) is 50.8 Å². The summed E-state index contributed by atoms with van der Waals surface area (Å²) in [5.74, 6) is 0. The number of hydrogen-bond acceptors (Lipinski definition) is 3. The lowest BCUT2D eigenvalue weighted by molar-refractivity contribution is 0.0202. The smallest absolute Gasteiger partial charge is 0.0633 e. The third-order valence-electron chi connectivity index (χ3n) is 4.23. The fraction of sp³-hybridized carbons (Fsp3) is 1.00. The van der Waals surface area contributed by atoms with Crippen LogP contribution in [0.15, 0.2) is 0 Å². The van der Waals surface area contributed by atoms with Crippen LogP contribution < -0.4 is 5.32 Å². The van der Waals surface area contributed by atoms with Gasteiger partial charge in [0, 0.05) is 18.7 Å². The van der Waals surface area contributed by atoms with E-state index in [0.717, 1.165) is 13.2 Å². The van der Waals surface area contributed by atoms with Gasteiger partial charge < -0.3 is 15.0 Å². The molecule has 0 bridgehead atoms. The van der Waals surface area contributed by atoms with Crippen LogP contribution in [0.4, 0.5) is 0 Å². The molecule has 102 valence electrons. The van der Waals surface area contributed by atoms with E-state index in [-0.39, 0.29) is 0 Å². The molecule has 1 saturated carbocycles. The quantitative estimate of drug-likeness (QED) is 0.741. The minimum absolute atomic E-state index is 0.295. The minimum Gasteiger partial charge on any atom is -0.383 e. The van der Waals surface area contributed by atoms with Gasteiger partial charge in [-0.25, -0.2) is 0 Å². The highest BCUT2D eigenvalue weighted by Crippen LogP contribution is 2.35. The Bertz CT molecular complexity index is 200. The molecule has 0 amide bonds. The van der Waals surface area contributed by atoms with Gasteiger partial charge in [0.25, 0.3) is 0 Å². The summed E-state index contributed by atoms with van der Waals surface area (Å²) >= 11 is 0. The third-order valence-corrected chi connectivity index (χ3v) is 4.23. The molecule has 1 rings (SSSR count). The Morgan fingerprint density at radius 2 is 1.88 bits per heavy atom. The van der Waals surface area contributed by atoms with Crippen LogP contribution in [0.5, 0.6) is 0 Å². The van der Waals surface area contributed by atoms with Crippen LogP contribution in [-0.2, 0) is 4.74 Å². The first-order valence-electron chi connectivity index (χ1n) is 7.07. The van der Waals surface area contributed by atoms with Crippen molar-refractivity contribution in [3.63, 3.8) is 0 Å². The molecule has 3 nitrogen and oxygen atoms in total. The molecule has 1 fully saturated rings. The molecule has 3 heteroatoms. The molecule has 0 aromatic heterocycles. The second kappa shape index (κ2) is 7.34. The van der Waals surface area contributed by atoms with E-state index in [1.54, 1.807) is 0 Å². The molecular weight excluding hydrogens is 212 g/mol. The zero-order chi connectivity index (χ0) is 12.7. The standard InChI is InChI=1S/C14H30N2O/c1-5-11-15-13(12-17-4)14(16(2)3)9-7-6-8-10-14/h13,15H,5-12H2,1-4H3. The van der Waals surface area contributed by atoms with Crippen LogP contribution >= 0.6 is 0 Å². The number of likely N-dealkylation sites (N-methyl/N-ethyl adjacent to an activating group) is 1. The van der Waals surface area contributed by atoms with E-state index in [1.807, 2.05) is 7.11 Å². The lowest BCUT2D eigenvalue weighted by atomic mass is 9.75. The van der Waals surface area contributed by atoms with Gasteiger partial charge >= 0.3 is 0 Å². The summed E-state index contributed by atoms with van der Waals surface area (Å²) in [5.41, 5.74) is 0.295. The Balaban J connectivity index is 2.75. The molecule has 1 atom stereocenters. The lowest BCUT2D eigenvalue weighted by Crippen LogP contribution is -2.61. The van der Waals surface area contributed by atoms with Crippen molar-refractivity contribution in [3.05, 3.63) is 0 Å². The zero-order valence-electron chi connectivity index (χ0n) is 12.1. The third kappa shape index (κ3) is 3.67. The first-order chi connectivity index (χ1) is 8.17. The van der Waals surface area contributed by atoms with Crippen molar-refractivity contribution in [1.29, 1.82) is 0 Å². The molecule has 0 heterocycles. The number of rotatable bonds is 7. The number of ether oxygens (including phenoxy) is 1. The largest absolute Gasteiger partial charge is 0.383 e. The summed E-state index contributed by atoms with van der Waals surface area (Å²) < 4.78 is 5.44. The van der Waals surface area contributed by atoms with E-state index in [0.29, 0.717) is 11.6 Å². The summed E-state index contributed by atoms with van der Waals surface area (Å²) in [7, 11) is 6.26. The highest BCUT2D eigenvalue weighted by molar-refractivity contribution is 5.00. The van der Waals surface area contributed by atoms with Crippen molar-refractivity contribution in [2.75, 3.05) is 34.4 Å². The zero-order valence-corrected chi connectivity index (χ0v) is 12.1. The summed E-state index contributed by atoms with van der Waals surface area (Å²) in [5, 5.41) is 3.70. The number of nitrogens with one attached hydrogen (secondary N) is 1. The average Bonchev–Trinajstić information content (AvgIpc) is 2.35. The van der Waals surface area contributed by atoms with Gasteiger partial charge in [-0.1, -0.05) is 26.2 Å². The molecule has 17 heavy (non-hydrogen) atoms. The van der Waals surface area contributed by atoms with Crippen molar-refractivity contribution in [3.8, 4) is 0 Å². The van der Waals surface area contributed by atoms with Crippen LogP contribution in [0.3, 0.4) is 0 Å². The monoisotopic (exact) mass is 242 g/mol. The van der Waals surface area contributed by atoms with Crippen LogP contribution in [0.25, 0.3) is 0 Å². The summed E-state index contributed by atoms with van der Waals surface area (Å²) in [6.45, 7) is 4.13. The topological polar surface area (TPSA) is 24.5 Å². The molecule has 1 N–H and O–H groups in total. The Kier molecular flexibility index (Phi) is 6.45. The van der Waals surface area contributed by atoms with E-state index in [1.165, 1.54) is 38.5 Å². The van der Waals surface area contributed by atoms with Gasteiger partial charge in [0.1, 0.15) is 0 Å². The van der Waals surface area contributed by atoms with Gasteiger partial charge in [-0.05, 0) is 39.9 Å². The molecule has 0 aromatic rings. The normalized spacial score (nSPS) is 21.7. The van der Waals surface area contributed by atoms with Gasteiger partial charge in [0.05, 0.1) is 6.61 Å². The number of hydrogen-bond donors (Lipinski definition) is 1. The van der Waals surface area contributed by atoms with Gasteiger partial charge in [0.2, 0.25) is 0 Å². The van der Waals surface area contributed by atoms with E-state index < -0.39 is 0 Å². The van der Waals surface area contributed by atoms with Crippen molar-refractivity contribution < 1.29 is 4.74 Å². The van der Waals surface area contributed by atoms with E-state index >= 15 is 0 Å². The predicted octanol–water partition coefficient (Wildman–Crippen LogP) is 2.27. The summed E-state index contributed by atoms with van der Waals surface area (Å²) in [6.07, 6.45) is 7.88. The Morgan fingerprint density at radius 1 is 1.24 bits per heavy atom. The van der Waals surface area contributed by atoms with Gasteiger partial charge in [-0.15, -0.1) is 0 Å². The molecule has 0 radical (unpaired) electrons. The van der Waals surface area contributed by atoms with Crippen molar-refractivity contribution in [2.45, 2.75) is 57.0 Å². The van der Waals surface area contributed by atoms with Crippen molar-refractivity contribution in [2.24, 2.45) is 0 Å². The van der Waals surface area contributed by atoms with Crippen LogP contribution in [0.2, 0.25) is 0 Å². The molecule has 0 aliphatic heterocycles. The SMILES string of the molecule is CCCNC(COC)C1(N(C)C)CCCCC1. The molecule has 1 unspecified atom stereocenters. The lowest BCUT2D eigenvalue weighted by Gasteiger charge is -2.48. The second-order valence-electron chi connectivity index (χ2n) is 5.52. The summed E-state index contributed by atoms with van der Waals surface area (Å²) in [6, 6.07) is 0.461. The van der Waals surface area contributed by atoms with Crippen molar-refractivity contribution in [1.82, 2.24) is 10.2 Å². The van der Waals surface area contributed by atoms with Gasteiger partial charge in [-0.2, -0.15) is 0 Å². The highest BCUT2D eigenvalue weighted by Gasteiger charge is 2.41. The average molecular weight is 242 g/mol. The Labute approximate surface area is 107 Å². The highest BCUT2D eigenvalue weighted by atomic mass is 16.5. The Hall–Kier alpha value is -0.120. The maximum atomic E-state index is 5.44. The Morgan fingerprint density at radius 3 is 2.35 bits per heavy atom. The van der Waals surface area contributed by atoms with Gasteiger partial charge in [0.15, 0.2) is 0 Å². The number of methoxy groups -OCH3 is 1. The van der Waals surface area contributed by atoms with E-state index in [4.69, 9.17) is 4.74 Å². The maximum absolute atomic E-state index is 5.44. The minimum atomic E-state index is 0.295. The fourth-order valence-electron chi connectivity index (χ4n) is 3.16. The molecule has 1 aliphatic carbocycles. The molecule has 0 spiro atoms. The van der Waals surface area contributed by atoms with E-state index in [2.05, 4.69) is 31.2 Å². The second-order valence-corrected chi connectivity index (χ2v) is 5.52. The summed E-state index contributed by atoms with van der Waals surface area (Å²) in [4.78, 5) is 2.43. The first-order valence-corrected chi connectivity index (χ1v) is 7.07. The van der Waals surface area contributed by atoms with Gasteiger partial charge in [-0.3, -0.25) is 0 Å². The predicted molar refractivity (Wildman–Crippen MR) is 73.5 cm³/mol. The molecule has 1 aliphatic rings. The first kappa shape index (κ1) is 14.9. The van der Waals surface area contributed by atoms with Crippen molar-refractivity contribution >= 4 is 0 Å². The van der Waals surface area contributed by atoms with Crippen LogP contribution in [0, 0.1) is 0 Å². The fourth-order valence-corrected chi connectivity index (χ4v) is 3.16. The molecule has 0 aromatic carbocycles. The molecular formula is C14H30N2O. The van der Waals surface area contributed by atoms with E-state index in [9.17, 15) is 0 Å².